The van der Waals surface area contributed by atoms with Crippen molar-refractivity contribution in [1.82, 2.24) is 0 Å². The van der Waals surface area contributed by atoms with Crippen LogP contribution in [-0.4, -0.2) is 0 Å². The quantitative estimate of drug-likeness (QED) is 0.596. The maximum Gasteiger partial charge on any atom is -0.0141 e. The summed E-state index contributed by atoms with van der Waals surface area (Å²) in [4.78, 5) is 0. The fourth-order valence-corrected chi connectivity index (χ4v) is 1.79. The molecule has 0 spiro atoms. The van der Waals surface area contributed by atoms with Crippen LogP contribution in [0.25, 0.3) is 0 Å². The zero-order chi connectivity index (χ0) is 8.97. The van der Waals surface area contributed by atoms with E-state index >= 15 is 0 Å². The Morgan fingerprint density at radius 3 is 1.73 bits per heavy atom. The molecule has 1 aromatic rings. The third-order valence-corrected chi connectivity index (χ3v) is 2.47. The number of benzene rings is 1. The highest BCUT2D eigenvalue weighted by Gasteiger charge is 2.11. The Hall–Kier alpha value is -0.780. The van der Waals surface area contributed by atoms with E-state index in [1.165, 1.54) is 12.0 Å². The van der Waals surface area contributed by atoms with E-state index in [0.29, 0.717) is 0 Å². The monoisotopic (exact) mass is 210 g/mol. The van der Waals surface area contributed by atoms with E-state index < -0.39 is 0 Å². The Bertz CT molecular complexity index is 211. The van der Waals surface area contributed by atoms with E-state index in [4.69, 9.17) is 0 Å². The van der Waals surface area contributed by atoms with Crippen molar-refractivity contribution < 1.29 is 0 Å². The second-order valence-corrected chi connectivity index (χ2v) is 3.67. The van der Waals surface area contributed by atoms with Gasteiger partial charge in [0.1, 0.15) is 0 Å². The lowest BCUT2D eigenvalue weighted by molar-refractivity contribution is 0.485. The first-order valence-electron chi connectivity index (χ1n) is 4.80. The van der Waals surface area contributed by atoms with Crippen LogP contribution in [0.2, 0.25) is 0 Å². The van der Waals surface area contributed by atoms with Crippen molar-refractivity contribution in [2.75, 3.05) is 0 Å². The van der Waals surface area contributed by atoms with Gasteiger partial charge < -0.3 is 0 Å². The molecule has 0 N–H and O–H groups in total. The summed E-state index contributed by atoms with van der Waals surface area (Å²) in [5, 5.41) is 0. The van der Waals surface area contributed by atoms with Crippen molar-refractivity contribution in [3.8, 4) is 0 Å². The number of hydrogen-bond donors (Lipinski definition) is 0. The van der Waals surface area contributed by atoms with Crippen molar-refractivity contribution in [3.63, 3.8) is 0 Å². The van der Waals surface area contributed by atoms with Gasteiger partial charge in [0.2, 0.25) is 0 Å². The molecule has 15 heavy (non-hydrogen) atoms. The van der Waals surface area contributed by atoms with Gasteiger partial charge in [0.15, 0.2) is 0 Å². The van der Waals surface area contributed by atoms with Gasteiger partial charge >= 0.3 is 0 Å². The highest BCUT2D eigenvalue weighted by Crippen LogP contribution is 2.26. The first-order valence-corrected chi connectivity index (χ1v) is 4.80. The maximum absolute atomic E-state index is 2.29. The zero-order valence-corrected chi connectivity index (χ0v) is 8.25. The Morgan fingerprint density at radius 1 is 0.933 bits per heavy atom. The third-order valence-electron chi connectivity index (χ3n) is 2.47. The normalized spacial score (nSPS) is 10.7. The van der Waals surface area contributed by atoms with Crippen LogP contribution in [0.15, 0.2) is 30.3 Å². The summed E-state index contributed by atoms with van der Waals surface area (Å²) in [6.45, 7) is 6.85. The van der Waals surface area contributed by atoms with E-state index in [0.717, 1.165) is 11.8 Å². The van der Waals surface area contributed by atoms with Crippen LogP contribution >= 0.6 is 0 Å². The standard InChI is InChI=1S/C12H18.3CH4/c1-4-12(10(2)3)11-8-6-5-7-9-11;;;/h5-10,12H,4H2,1-3H3;3*1H4. The van der Waals surface area contributed by atoms with Gasteiger partial charge in [-0.3, -0.25) is 0 Å². The molecule has 1 atom stereocenters. The van der Waals surface area contributed by atoms with E-state index in [-0.39, 0.29) is 22.3 Å². The molecule has 0 fully saturated rings. The maximum atomic E-state index is 2.29. The van der Waals surface area contributed by atoms with Crippen molar-refractivity contribution in [2.24, 2.45) is 5.92 Å². The third kappa shape index (κ3) is 5.61. The number of hydrogen-bond acceptors (Lipinski definition) is 0. The average molecular weight is 210 g/mol. The molecule has 0 aliphatic rings. The molecule has 0 radical (unpaired) electrons. The SMILES string of the molecule is C.C.C.CCC(c1ccccc1)C(C)C. The molecule has 1 unspecified atom stereocenters. The summed E-state index contributed by atoms with van der Waals surface area (Å²) in [7, 11) is 0. The summed E-state index contributed by atoms with van der Waals surface area (Å²) in [6, 6.07) is 10.8. The van der Waals surface area contributed by atoms with E-state index in [2.05, 4.69) is 51.1 Å². The Balaban J connectivity index is -0.000000480. The Kier molecular flexibility index (Phi) is 12.8. The van der Waals surface area contributed by atoms with Crippen molar-refractivity contribution in [1.29, 1.82) is 0 Å². The summed E-state index contributed by atoms with van der Waals surface area (Å²) in [6.07, 6.45) is 1.24. The fourth-order valence-electron chi connectivity index (χ4n) is 1.79. The lowest BCUT2D eigenvalue weighted by atomic mass is 9.86. The minimum atomic E-state index is 0. The molecule has 90 valence electrons. The molecular weight excluding hydrogens is 180 g/mol. The highest BCUT2D eigenvalue weighted by molar-refractivity contribution is 5.19. The molecule has 0 aliphatic carbocycles. The van der Waals surface area contributed by atoms with Crippen molar-refractivity contribution in [3.05, 3.63) is 35.9 Å². The summed E-state index contributed by atoms with van der Waals surface area (Å²) in [5.74, 6) is 1.48. The second-order valence-electron chi connectivity index (χ2n) is 3.67. The summed E-state index contributed by atoms with van der Waals surface area (Å²) in [5.41, 5.74) is 1.48. The van der Waals surface area contributed by atoms with Crippen LogP contribution in [0.4, 0.5) is 0 Å². The van der Waals surface area contributed by atoms with Gasteiger partial charge in [-0.1, -0.05) is 73.4 Å². The largest absolute Gasteiger partial charge is 0.0776 e. The Labute approximate surface area is 97.7 Å². The predicted molar refractivity (Wildman–Crippen MR) is 74.5 cm³/mol. The lowest BCUT2D eigenvalue weighted by Gasteiger charge is -2.18. The molecule has 0 amide bonds. The van der Waals surface area contributed by atoms with Crippen LogP contribution in [-0.2, 0) is 0 Å². The second kappa shape index (κ2) is 9.76. The fraction of sp³-hybridized carbons (Fsp3) is 0.600. The molecule has 0 heteroatoms. The van der Waals surface area contributed by atoms with E-state index in [1.807, 2.05) is 0 Å². The molecule has 0 aliphatic heterocycles. The van der Waals surface area contributed by atoms with Crippen LogP contribution in [0.1, 0.15) is 61.0 Å². The molecule has 0 bridgehead atoms. The van der Waals surface area contributed by atoms with Crippen LogP contribution in [0, 0.1) is 5.92 Å². The zero-order valence-electron chi connectivity index (χ0n) is 8.25. The lowest BCUT2D eigenvalue weighted by Crippen LogP contribution is -2.04. The molecular formula is C15H30. The molecule has 0 saturated heterocycles. The number of rotatable bonds is 3. The van der Waals surface area contributed by atoms with Gasteiger partial charge in [-0.15, -0.1) is 0 Å². The van der Waals surface area contributed by atoms with Gasteiger partial charge in [-0.25, -0.2) is 0 Å². The van der Waals surface area contributed by atoms with Crippen molar-refractivity contribution >= 4 is 0 Å². The molecule has 0 aromatic heterocycles. The van der Waals surface area contributed by atoms with Crippen LogP contribution in [0.3, 0.4) is 0 Å². The average Bonchev–Trinajstić information content (AvgIpc) is 2.07. The van der Waals surface area contributed by atoms with Gasteiger partial charge in [-0.2, -0.15) is 0 Å². The molecule has 0 heterocycles. The predicted octanol–water partition coefficient (Wildman–Crippen LogP) is 5.74. The molecule has 1 aromatic carbocycles. The topological polar surface area (TPSA) is 0 Å². The van der Waals surface area contributed by atoms with E-state index in [9.17, 15) is 0 Å². The van der Waals surface area contributed by atoms with Crippen molar-refractivity contribution in [2.45, 2.75) is 55.4 Å². The van der Waals surface area contributed by atoms with E-state index in [1.54, 1.807) is 0 Å². The smallest absolute Gasteiger partial charge is 0.0141 e. The minimum Gasteiger partial charge on any atom is -0.0776 e. The first-order chi connectivity index (χ1) is 5.75. The van der Waals surface area contributed by atoms with Crippen LogP contribution < -0.4 is 0 Å². The van der Waals surface area contributed by atoms with Gasteiger partial charge in [0, 0.05) is 0 Å². The Morgan fingerprint density at radius 2 is 1.40 bits per heavy atom. The summed E-state index contributed by atoms with van der Waals surface area (Å²) >= 11 is 0. The van der Waals surface area contributed by atoms with Gasteiger partial charge in [0.25, 0.3) is 0 Å². The van der Waals surface area contributed by atoms with Gasteiger partial charge in [-0.05, 0) is 23.8 Å². The van der Waals surface area contributed by atoms with Crippen LogP contribution in [0.5, 0.6) is 0 Å². The molecule has 0 nitrogen and oxygen atoms in total. The highest BCUT2D eigenvalue weighted by atomic mass is 14.2. The first kappa shape index (κ1) is 19.7. The minimum absolute atomic E-state index is 0. The summed E-state index contributed by atoms with van der Waals surface area (Å²) < 4.78 is 0. The molecule has 0 saturated carbocycles. The van der Waals surface area contributed by atoms with Gasteiger partial charge in [0.05, 0.1) is 0 Å². The molecule has 1 rings (SSSR count).